The largest absolute Gasteiger partial charge is 0.496 e. The van der Waals surface area contributed by atoms with E-state index in [-0.39, 0.29) is 0 Å². The van der Waals surface area contributed by atoms with Crippen molar-refractivity contribution in [1.29, 1.82) is 0 Å². The first-order valence-electron chi connectivity index (χ1n) is 7.25. The maximum Gasteiger partial charge on any atom is 0.122 e. The normalized spacial score (nSPS) is 12.3. The second-order valence-corrected chi connectivity index (χ2v) is 5.91. The molecular formula is C17H23NO2S. The molecule has 1 unspecified atom stereocenters. The lowest BCUT2D eigenvalue weighted by molar-refractivity contribution is 0.411. The Kier molecular flexibility index (Phi) is 6.21. The molecule has 4 heteroatoms. The number of benzene rings is 1. The molecule has 0 saturated carbocycles. The van der Waals surface area contributed by atoms with Gasteiger partial charge in [-0.25, -0.2) is 0 Å². The fourth-order valence-corrected chi connectivity index (χ4v) is 3.17. The van der Waals surface area contributed by atoms with E-state index < -0.39 is 0 Å². The number of methoxy groups -OCH3 is 1. The number of nitrogens with one attached hydrogen (secondary N) is 1. The molecule has 1 atom stereocenters. The van der Waals surface area contributed by atoms with Crippen LogP contribution in [0.4, 0.5) is 0 Å². The zero-order chi connectivity index (χ0) is 15.1. The summed E-state index contributed by atoms with van der Waals surface area (Å²) in [5, 5.41) is 3.44. The minimum Gasteiger partial charge on any atom is -0.496 e. The Morgan fingerprint density at radius 2 is 2.14 bits per heavy atom. The Bertz CT molecular complexity index is 540. The molecule has 0 saturated heterocycles. The number of thioether (sulfide) groups is 1. The van der Waals surface area contributed by atoms with E-state index in [0.29, 0.717) is 6.04 Å². The van der Waals surface area contributed by atoms with Gasteiger partial charge in [-0.05, 0) is 43.3 Å². The summed E-state index contributed by atoms with van der Waals surface area (Å²) in [4.78, 5) is 0. The molecule has 0 fully saturated rings. The summed E-state index contributed by atoms with van der Waals surface area (Å²) in [5.74, 6) is 3.75. The summed E-state index contributed by atoms with van der Waals surface area (Å²) in [6.45, 7) is 5.28. The highest BCUT2D eigenvalue weighted by Gasteiger charge is 2.09. The van der Waals surface area contributed by atoms with Crippen molar-refractivity contribution >= 4 is 11.8 Å². The van der Waals surface area contributed by atoms with Crippen LogP contribution >= 0.6 is 11.8 Å². The highest BCUT2D eigenvalue weighted by Crippen LogP contribution is 2.28. The van der Waals surface area contributed by atoms with Crippen molar-refractivity contribution in [2.75, 3.05) is 13.7 Å². The van der Waals surface area contributed by atoms with Crippen LogP contribution in [0.15, 0.2) is 41.0 Å². The zero-order valence-electron chi connectivity index (χ0n) is 12.9. The van der Waals surface area contributed by atoms with Crippen molar-refractivity contribution in [3.63, 3.8) is 0 Å². The van der Waals surface area contributed by atoms with Crippen LogP contribution < -0.4 is 10.1 Å². The van der Waals surface area contributed by atoms with E-state index >= 15 is 0 Å². The molecule has 3 nitrogen and oxygen atoms in total. The van der Waals surface area contributed by atoms with Crippen molar-refractivity contribution in [1.82, 2.24) is 5.32 Å². The lowest BCUT2D eigenvalue weighted by Gasteiger charge is -2.16. The van der Waals surface area contributed by atoms with E-state index in [1.807, 2.05) is 23.9 Å². The van der Waals surface area contributed by atoms with Gasteiger partial charge in [0.2, 0.25) is 0 Å². The first-order valence-corrected chi connectivity index (χ1v) is 8.40. The summed E-state index contributed by atoms with van der Waals surface area (Å²) in [5.41, 5.74) is 2.53. The van der Waals surface area contributed by atoms with Crippen molar-refractivity contribution in [3.8, 4) is 5.75 Å². The van der Waals surface area contributed by atoms with E-state index in [9.17, 15) is 0 Å². The predicted molar refractivity (Wildman–Crippen MR) is 88.8 cm³/mol. The smallest absolute Gasteiger partial charge is 0.122 e. The molecule has 0 radical (unpaired) electrons. The molecule has 1 heterocycles. The molecule has 0 aliphatic carbocycles. The highest BCUT2D eigenvalue weighted by molar-refractivity contribution is 7.97. The minimum atomic E-state index is 0.356. The van der Waals surface area contributed by atoms with E-state index in [1.165, 1.54) is 11.1 Å². The van der Waals surface area contributed by atoms with Crippen molar-refractivity contribution < 1.29 is 9.15 Å². The molecule has 0 aliphatic heterocycles. The van der Waals surface area contributed by atoms with E-state index in [2.05, 4.69) is 37.4 Å². The third-order valence-corrected chi connectivity index (χ3v) is 4.40. The lowest BCUT2D eigenvalue weighted by Crippen LogP contribution is -2.17. The summed E-state index contributed by atoms with van der Waals surface area (Å²) >= 11 is 1.83. The second-order valence-electron chi connectivity index (χ2n) is 4.92. The molecule has 0 aliphatic rings. The van der Waals surface area contributed by atoms with Gasteiger partial charge in [0.1, 0.15) is 11.5 Å². The van der Waals surface area contributed by atoms with Gasteiger partial charge in [-0.15, -0.1) is 11.8 Å². The van der Waals surface area contributed by atoms with Gasteiger partial charge in [0, 0.05) is 17.4 Å². The molecular weight excluding hydrogens is 282 g/mol. The van der Waals surface area contributed by atoms with Crippen LogP contribution in [0, 0.1) is 0 Å². The zero-order valence-corrected chi connectivity index (χ0v) is 13.7. The summed E-state index contributed by atoms with van der Waals surface area (Å²) in [7, 11) is 1.73. The van der Waals surface area contributed by atoms with Crippen molar-refractivity contribution in [3.05, 3.63) is 53.5 Å². The Labute approximate surface area is 131 Å². The molecule has 114 valence electrons. The maximum atomic E-state index is 5.47. The number of hydrogen-bond donors (Lipinski definition) is 1. The van der Waals surface area contributed by atoms with Gasteiger partial charge in [-0.2, -0.15) is 0 Å². The third-order valence-electron chi connectivity index (χ3n) is 3.40. The first kappa shape index (κ1) is 16.0. The van der Waals surface area contributed by atoms with E-state index in [1.54, 1.807) is 13.4 Å². The van der Waals surface area contributed by atoms with Gasteiger partial charge in [0.25, 0.3) is 0 Å². The summed E-state index contributed by atoms with van der Waals surface area (Å²) in [6.07, 6.45) is 1.72. The molecule has 0 amide bonds. The van der Waals surface area contributed by atoms with Crippen LogP contribution in [0.5, 0.6) is 5.75 Å². The monoisotopic (exact) mass is 305 g/mol. The predicted octanol–water partition coefficient (Wildman–Crippen LogP) is 4.39. The summed E-state index contributed by atoms with van der Waals surface area (Å²) in [6, 6.07) is 10.7. The Hall–Kier alpha value is -1.39. The van der Waals surface area contributed by atoms with Crippen LogP contribution in [0.3, 0.4) is 0 Å². The molecule has 21 heavy (non-hydrogen) atoms. The second kappa shape index (κ2) is 8.15. The van der Waals surface area contributed by atoms with Crippen LogP contribution in [-0.4, -0.2) is 13.7 Å². The van der Waals surface area contributed by atoms with E-state index in [4.69, 9.17) is 9.15 Å². The Balaban J connectivity index is 2.03. The number of furan rings is 1. The van der Waals surface area contributed by atoms with Gasteiger partial charge >= 0.3 is 0 Å². The number of hydrogen-bond acceptors (Lipinski definition) is 4. The van der Waals surface area contributed by atoms with Crippen LogP contribution in [0.25, 0.3) is 0 Å². The Morgan fingerprint density at radius 3 is 2.81 bits per heavy atom. The minimum absolute atomic E-state index is 0.356. The molecule has 1 N–H and O–H groups in total. The fourth-order valence-electron chi connectivity index (χ4n) is 2.26. The van der Waals surface area contributed by atoms with Gasteiger partial charge in [0.15, 0.2) is 0 Å². The molecule has 0 bridgehead atoms. The van der Waals surface area contributed by atoms with Crippen molar-refractivity contribution in [2.24, 2.45) is 0 Å². The van der Waals surface area contributed by atoms with Gasteiger partial charge in [-0.1, -0.05) is 13.0 Å². The fraction of sp³-hybridized carbons (Fsp3) is 0.412. The van der Waals surface area contributed by atoms with Crippen LogP contribution in [0.2, 0.25) is 0 Å². The highest BCUT2D eigenvalue weighted by atomic mass is 32.2. The van der Waals surface area contributed by atoms with Gasteiger partial charge < -0.3 is 14.5 Å². The molecule has 1 aromatic carbocycles. The molecule has 1 aromatic heterocycles. The number of ether oxygens (including phenoxy) is 1. The average molecular weight is 305 g/mol. The SMILES string of the molecule is CCNC(C)c1ccc(OC)c(CSCc2ccco2)c1. The lowest BCUT2D eigenvalue weighted by atomic mass is 10.0. The topological polar surface area (TPSA) is 34.4 Å². The standard InChI is InChI=1S/C17H23NO2S/c1-4-18-13(2)14-7-8-17(19-3)15(10-14)11-21-12-16-6-5-9-20-16/h5-10,13,18H,4,11-12H2,1-3H3. The first-order chi connectivity index (χ1) is 10.2. The van der Waals surface area contributed by atoms with Crippen molar-refractivity contribution in [2.45, 2.75) is 31.4 Å². The maximum absolute atomic E-state index is 5.47. The Morgan fingerprint density at radius 1 is 1.29 bits per heavy atom. The van der Waals surface area contributed by atoms with Crippen LogP contribution in [0.1, 0.15) is 36.8 Å². The molecule has 2 rings (SSSR count). The van der Waals surface area contributed by atoms with Gasteiger partial charge in [-0.3, -0.25) is 0 Å². The van der Waals surface area contributed by atoms with Crippen LogP contribution in [-0.2, 0) is 11.5 Å². The average Bonchev–Trinajstić information content (AvgIpc) is 3.00. The molecule has 0 spiro atoms. The van der Waals surface area contributed by atoms with Gasteiger partial charge in [0.05, 0.1) is 19.1 Å². The molecule has 2 aromatic rings. The third kappa shape index (κ3) is 4.55. The quantitative estimate of drug-likeness (QED) is 0.784. The summed E-state index contributed by atoms with van der Waals surface area (Å²) < 4.78 is 10.8. The van der Waals surface area contributed by atoms with E-state index in [0.717, 1.165) is 29.6 Å². The number of rotatable bonds is 8.